The van der Waals surface area contributed by atoms with Crippen LogP contribution >= 0.6 is 0 Å². The van der Waals surface area contributed by atoms with Crippen LogP contribution in [-0.4, -0.2) is 51.5 Å². The first-order valence-electron chi connectivity index (χ1n) is 7.10. The van der Waals surface area contributed by atoms with Crippen molar-refractivity contribution < 1.29 is 9.47 Å². The first kappa shape index (κ1) is 16.9. The zero-order valence-electron chi connectivity index (χ0n) is 12.8. The average Bonchev–Trinajstić information content (AvgIpc) is 2.43. The Morgan fingerprint density at radius 3 is 2.50 bits per heavy atom. The van der Waals surface area contributed by atoms with Gasteiger partial charge in [0.2, 0.25) is 0 Å². The maximum Gasteiger partial charge on any atom is 0.128 e. The van der Waals surface area contributed by atoms with E-state index in [0.29, 0.717) is 6.61 Å². The molecule has 1 rings (SSSR count). The Morgan fingerprint density at radius 1 is 1.20 bits per heavy atom. The molecule has 1 aromatic heterocycles. The van der Waals surface area contributed by atoms with Crippen molar-refractivity contribution in [3.63, 3.8) is 0 Å². The highest BCUT2D eigenvalue weighted by molar-refractivity contribution is 5.39. The number of rotatable bonds is 10. The Morgan fingerprint density at radius 2 is 1.95 bits per heavy atom. The summed E-state index contributed by atoms with van der Waals surface area (Å²) in [5.74, 6) is 0.978. The highest BCUT2D eigenvalue weighted by Crippen LogP contribution is 2.12. The minimum Gasteiger partial charge on any atom is -0.385 e. The lowest BCUT2D eigenvalue weighted by Gasteiger charge is -2.23. The Balaban J connectivity index is 2.63. The monoisotopic (exact) mass is 281 g/mol. The van der Waals surface area contributed by atoms with Gasteiger partial charge in [0.25, 0.3) is 0 Å². The van der Waals surface area contributed by atoms with Crippen molar-refractivity contribution in [2.75, 3.05) is 45.4 Å². The van der Waals surface area contributed by atoms with Crippen LogP contribution in [0.2, 0.25) is 0 Å². The van der Waals surface area contributed by atoms with Gasteiger partial charge in [0.1, 0.15) is 5.82 Å². The molecule has 114 valence electrons. The van der Waals surface area contributed by atoms with Gasteiger partial charge in [0.05, 0.1) is 6.61 Å². The zero-order chi connectivity index (χ0) is 14.8. The average molecular weight is 281 g/mol. The molecule has 0 amide bonds. The summed E-state index contributed by atoms with van der Waals surface area (Å²) >= 11 is 0. The third-order valence-electron chi connectivity index (χ3n) is 3.03. The molecule has 0 fully saturated rings. The predicted molar refractivity (Wildman–Crippen MR) is 82.2 cm³/mol. The van der Waals surface area contributed by atoms with Crippen LogP contribution < -0.4 is 10.6 Å². The lowest BCUT2D eigenvalue weighted by atomic mass is 10.1. The lowest BCUT2D eigenvalue weighted by Crippen LogP contribution is -2.29. The van der Waals surface area contributed by atoms with E-state index in [1.54, 1.807) is 14.2 Å². The van der Waals surface area contributed by atoms with Crippen LogP contribution in [0, 0.1) is 0 Å². The molecule has 0 saturated heterocycles. The number of ether oxygens (including phenoxy) is 2. The Kier molecular flexibility index (Phi) is 8.18. The van der Waals surface area contributed by atoms with Gasteiger partial charge in [-0.15, -0.1) is 0 Å². The minimum absolute atomic E-state index is 0.161. The van der Waals surface area contributed by atoms with Gasteiger partial charge in [-0.25, -0.2) is 4.98 Å². The third kappa shape index (κ3) is 6.32. The largest absolute Gasteiger partial charge is 0.385 e. The number of hydrogen-bond donors (Lipinski definition) is 1. The number of pyridine rings is 1. The SMILES string of the molecule is COCCCN(CCOC)c1ccc(CC(C)N)cn1. The number of hydrogen-bond acceptors (Lipinski definition) is 5. The van der Waals surface area contributed by atoms with E-state index < -0.39 is 0 Å². The number of nitrogens with two attached hydrogens (primary N) is 1. The molecule has 0 aliphatic rings. The molecule has 0 bridgehead atoms. The molecule has 1 atom stereocenters. The second-order valence-electron chi connectivity index (χ2n) is 5.03. The van der Waals surface area contributed by atoms with E-state index in [4.69, 9.17) is 15.2 Å². The zero-order valence-corrected chi connectivity index (χ0v) is 12.8. The first-order valence-corrected chi connectivity index (χ1v) is 7.10. The van der Waals surface area contributed by atoms with Gasteiger partial charge >= 0.3 is 0 Å². The minimum atomic E-state index is 0.161. The molecular weight excluding hydrogens is 254 g/mol. The Bertz CT molecular complexity index is 355. The molecule has 1 unspecified atom stereocenters. The molecular formula is C15H27N3O2. The predicted octanol–water partition coefficient (Wildman–Crippen LogP) is 1.46. The van der Waals surface area contributed by atoms with Crippen LogP contribution in [0.1, 0.15) is 18.9 Å². The standard InChI is InChI=1S/C15H27N3O2/c1-13(16)11-14-5-6-15(17-12-14)18(8-10-20-3)7-4-9-19-2/h5-6,12-13H,4,7-11,16H2,1-3H3. The fourth-order valence-electron chi connectivity index (χ4n) is 2.04. The first-order chi connectivity index (χ1) is 9.67. The van der Waals surface area contributed by atoms with Crippen molar-refractivity contribution in [2.45, 2.75) is 25.8 Å². The number of methoxy groups -OCH3 is 2. The second-order valence-corrected chi connectivity index (χ2v) is 5.03. The number of aromatic nitrogens is 1. The van der Waals surface area contributed by atoms with Crippen LogP contribution in [-0.2, 0) is 15.9 Å². The molecule has 0 saturated carbocycles. The highest BCUT2D eigenvalue weighted by Gasteiger charge is 2.08. The smallest absolute Gasteiger partial charge is 0.128 e. The summed E-state index contributed by atoms with van der Waals surface area (Å²) < 4.78 is 10.3. The van der Waals surface area contributed by atoms with Crippen molar-refractivity contribution in [2.24, 2.45) is 5.73 Å². The summed E-state index contributed by atoms with van der Waals surface area (Å²) in [5.41, 5.74) is 6.97. The van der Waals surface area contributed by atoms with E-state index in [0.717, 1.165) is 38.4 Å². The molecule has 1 heterocycles. The van der Waals surface area contributed by atoms with Crippen LogP contribution in [0.4, 0.5) is 5.82 Å². The highest BCUT2D eigenvalue weighted by atomic mass is 16.5. The summed E-state index contributed by atoms with van der Waals surface area (Å²) in [6, 6.07) is 4.32. The molecule has 20 heavy (non-hydrogen) atoms. The van der Waals surface area contributed by atoms with Crippen molar-refractivity contribution in [1.29, 1.82) is 0 Å². The van der Waals surface area contributed by atoms with Crippen LogP contribution in [0.15, 0.2) is 18.3 Å². The molecule has 0 spiro atoms. The summed E-state index contributed by atoms with van der Waals surface area (Å²) in [5, 5.41) is 0. The van der Waals surface area contributed by atoms with Gasteiger partial charge in [-0.1, -0.05) is 6.07 Å². The number of anilines is 1. The van der Waals surface area contributed by atoms with Crippen molar-refractivity contribution >= 4 is 5.82 Å². The van der Waals surface area contributed by atoms with Crippen molar-refractivity contribution in [1.82, 2.24) is 4.98 Å². The Labute approximate surface area is 122 Å². The number of nitrogens with zero attached hydrogens (tertiary/aromatic N) is 2. The van der Waals surface area contributed by atoms with E-state index in [2.05, 4.69) is 22.0 Å². The molecule has 0 radical (unpaired) electrons. The summed E-state index contributed by atoms with van der Waals surface area (Å²) in [7, 11) is 3.44. The van der Waals surface area contributed by atoms with Crippen molar-refractivity contribution in [3.05, 3.63) is 23.9 Å². The second kappa shape index (κ2) is 9.69. The summed E-state index contributed by atoms with van der Waals surface area (Å²) in [4.78, 5) is 6.76. The lowest BCUT2D eigenvalue weighted by molar-refractivity contribution is 0.191. The maximum absolute atomic E-state index is 5.80. The molecule has 0 aromatic carbocycles. The van der Waals surface area contributed by atoms with E-state index in [-0.39, 0.29) is 6.04 Å². The molecule has 0 aliphatic heterocycles. The van der Waals surface area contributed by atoms with Gasteiger partial charge in [-0.3, -0.25) is 0 Å². The van der Waals surface area contributed by atoms with E-state index in [1.807, 2.05) is 13.1 Å². The third-order valence-corrected chi connectivity index (χ3v) is 3.03. The fraction of sp³-hybridized carbons (Fsp3) is 0.667. The van der Waals surface area contributed by atoms with Crippen LogP contribution in [0.25, 0.3) is 0 Å². The molecule has 2 N–H and O–H groups in total. The van der Waals surface area contributed by atoms with Crippen LogP contribution in [0.5, 0.6) is 0 Å². The maximum atomic E-state index is 5.80. The van der Waals surface area contributed by atoms with Crippen LogP contribution in [0.3, 0.4) is 0 Å². The van der Waals surface area contributed by atoms with E-state index >= 15 is 0 Å². The van der Waals surface area contributed by atoms with Crippen molar-refractivity contribution in [3.8, 4) is 0 Å². The summed E-state index contributed by atoms with van der Waals surface area (Å²) in [6.07, 6.45) is 3.74. The fourth-order valence-corrected chi connectivity index (χ4v) is 2.04. The molecule has 0 aliphatic carbocycles. The quantitative estimate of drug-likeness (QED) is 0.658. The molecule has 5 heteroatoms. The van der Waals surface area contributed by atoms with Gasteiger partial charge in [0.15, 0.2) is 0 Å². The normalized spacial score (nSPS) is 12.4. The topological polar surface area (TPSA) is 60.6 Å². The summed E-state index contributed by atoms with van der Waals surface area (Å²) in [6.45, 7) is 5.20. The molecule has 1 aromatic rings. The van der Waals surface area contributed by atoms with E-state index in [9.17, 15) is 0 Å². The van der Waals surface area contributed by atoms with Gasteiger partial charge in [0, 0.05) is 46.2 Å². The van der Waals surface area contributed by atoms with E-state index in [1.165, 1.54) is 5.56 Å². The molecule has 5 nitrogen and oxygen atoms in total. The van der Waals surface area contributed by atoms with Gasteiger partial charge in [-0.2, -0.15) is 0 Å². The van der Waals surface area contributed by atoms with Gasteiger partial charge in [-0.05, 0) is 31.4 Å². The Hall–Kier alpha value is -1.17. The van der Waals surface area contributed by atoms with Gasteiger partial charge < -0.3 is 20.1 Å².